The predicted molar refractivity (Wildman–Crippen MR) is 119 cm³/mol. The summed E-state index contributed by atoms with van der Waals surface area (Å²) in [6.07, 6.45) is 0. The van der Waals surface area contributed by atoms with Crippen LogP contribution in [-0.2, 0) is 0 Å². The van der Waals surface area contributed by atoms with Gasteiger partial charge < -0.3 is 24.7 Å². The van der Waals surface area contributed by atoms with E-state index >= 15 is 0 Å². The third-order valence-electron chi connectivity index (χ3n) is 4.02. The molecule has 2 atom stereocenters. The zero-order valence-electron chi connectivity index (χ0n) is 18.8. The number of likely N-dealkylation sites (N-methyl/N-ethyl adjacent to an activating group) is 3. The van der Waals surface area contributed by atoms with Crippen LogP contribution in [0, 0.1) is 0 Å². The van der Waals surface area contributed by atoms with Crippen LogP contribution in [0.3, 0.4) is 0 Å². The second-order valence-electron chi connectivity index (χ2n) is 9.50. The molecule has 1 aliphatic rings. The summed E-state index contributed by atoms with van der Waals surface area (Å²) in [6, 6.07) is 0. The van der Waals surface area contributed by atoms with Gasteiger partial charge in [-0.25, -0.2) is 0 Å². The van der Waals surface area contributed by atoms with E-state index in [9.17, 15) is 0 Å². The summed E-state index contributed by atoms with van der Waals surface area (Å²) in [5, 5.41) is 4.58. The van der Waals surface area contributed by atoms with Crippen LogP contribution in [0.5, 0.6) is 0 Å². The summed E-state index contributed by atoms with van der Waals surface area (Å²) >= 11 is 0. The smallest absolute Gasteiger partial charge is 0.668 e. The van der Waals surface area contributed by atoms with Gasteiger partial charge >= 0.3 is 37.7 Å². The van der Waals surface area contributed by atoms with E-state index < -0.39 is 16.5 Å². The summed E-state index contributed by atoms with van der Waals surface area (Å²) in [6.45, 7) is 23.4. The number of quaternary nitrogens is 3. The minimum Gasteiger partial charge on any atom is -0.668 e. The van der Waals surface area contributed by atoms with Crippen LogP contribution in [0.1, 0.15) is 0 Å². The van der Waals surface area contributed by atoms with Gasteiger partial charge in [0.25, 0.3) is 0 Å². The van der Waals surface area contributed by atoms with Crippen LogP contribution < -0.4 is 14.7 Å². The van der Waals surface area contributed by atoms with E-state index in [1.165, 1.54) is 39.3 Å². The van der Waals surface area contributed by atoms with Crippen molar-refractivity contribution in [2.75, 3.05) is 73.5 Å². The first kappa shape index (κ1) is 28.7. The van der Waals surface area contributed by atoms with Gasteiger partial charge in [-0.2, -0.15) is 0 Å². The molecule has 0 aliphatic carbocycles. The van der Waals surface area contributed by atoms with E-state index in [1.54, 1.807) is 14.7 Å². The molecule has 0 aromatic heterocycles. The number of rotatable bonds is 2. The van der Waals surface area contributed by atoms with Crippen molar-refractivity contribution in [3.05, 3.63) is 9.96 Å². The molecule has 1 fully saturated rings. The van der Waals surface area contributed by atoms with Crippen LogP contribution in [0.2, 0.25) is 39.3 Å². The van der Waals surface area contributed by atoms with Crippen molar-refractivity contribution in [3.63, 3.8) is 0 Å². The summed E-state index contributed by atoms with van der Waals surface area (Å²) < 4.78 is 4.82. The first-order valence-electron chi connectivity index (χ1n) is 9.70. The van der Waals surface area contributed by atoms with Gasteiger partial charge in [0, 0.05) is 0 Å². The minimum absolute atomic E-state index is 0. The SMILES string of the molecule is C[NH+]1CC[N-]CC[NH+](C)CC[NH+](C)CC1.C[Si](C)(C)[N-][Si](C)(C)C.[Ca+2]. The van der Waals surface area contributed by atoms with E-state index in [0.29, 0.717) is 0 Å². The van der Waals surface area contributed by atoms with Crippen LogP contribution in [0.4, 0.5) is 0 Å². The molecule has 3 N–H and O–H groups in total. The molecule has 0 aromatic rings. The van der Waals surface area contributed by atoms with Crippen LogP contribution in [-0.4, -0.2) is 128 Å². The predicted octanol–water partition coefficient (Wildman–Crippen LogP) is -1.43. The van der Waals surface area contributed by atoms with E-state index in [0.717, 1.165) is 13.1 Å². The first-order valence-corrected chi connectivity index (χ1v) is 16.6. The topological polar surface area (TPSA) is 41.5 Å². The molecule has 8 heteroatoms. The maximum absolute atomic E-state index is 4.82. The molecule has 0 amide bonds. The quantitative estimate of drug-likeness (QED) is 0.462. The van der Waals surface area contributed by atoms with Gasteiger partial charge in [0.1, 0.15) is 26.2 Å². The third kappa shape index (κ3) is 21.7. The first-order chi connectivity index (χ1) is 10.9. The van der Waals surface area contributed by atoms with Crippen molar-refractivity contribution in [2.24, 2.45) is 0 Å². The van der Waals surface area contributed by atoms with Crippen molar-refractivity contribution in [3.8, 4) is 0 Å². The maximum Gasteiger partial charge on any atom is 2.00 e. The third-order valence-corrected chi connectivity index (χ3v) is 9.39. The van der Waals surface area contributed by atoms with Crippen molar-refractivity contribution >= 4 is 54.2 Å². The Morgan fingerprint density at radius 2 is 0.880 bits per heavy atom. The van der Waals surface area contributed by atoms with E-state index in [4.69, 9.17) is 4.65 Å². The van der Waals surface area contributed by atoms with E-state index in [2.05, 4.69) is 65.7 Å². The van der Waals surface area contributed by atoms with Gasteiger partial charge in [-0.3, -0.25) is 0 Å². The monoisotopic (exact) mass is 416 g/mol. The van der Waals surface area contributed by atoms with Crippen molar-refractivity contribution in [2.45, 2.75) is 39.3 Å². The Labute approximate surface area is 190 Å². The Morgan fingerprint density at radius 3 is 1.12 bits per heavy atom. The molecule has 0 spiro atoms. The largest absolute Gasteiger partial charge is 2.00 e. The minimum atomic E-state index is -1.11. The molecule has 0 radical (unpaired) electrons. The second kappa shape index (κ2) is 14.5. The normalized spacial score (nSPS) is 27.0. The maximum atomic E-state index is 4.82. The molecule has 1 aliphatic heterocycles. The molecule has 0 bridgehead atoms. The van der Waals surface area contributed by atoms with Crippen LogP contribution in [0.25, 0.3) is 9.96 Å². The molecule has 1 saturated heterocycles. The number of hydrogen-bond acceptors (Lipinski definition) is 0. The van der Waals surface area contributed by atoms with Gasteiger partial charge in [-0.15, -0.1) is 0 Å². The molecule has 0 saturated carbocycles. The fraction of sp³-hybridized carbons (Fsp3) is 1.00. The van der Waals surface area contributed by atoms with Gasteiger partial charge in [0.2, 0.25) is 0 Å². The average molecular weight is 417 g/mol. The average Bonchev–Trinajstić information content (AvgIpc) is 2.38. The van der Waals surface area contributed by atoms with Crippen LogP contribution >= 0.6 is 0 Å². The van der Waals surface area contributed by atoms with Gasteiger partial charge in [-0.1, -0.05) is 68.8 Å². The summed E-state index contributed by atoms with van der Waals surface area (Å²) in [7, 11) is 4.67. The van der Waals surface area contributed by atoms with Gasteiger partial charge in [-0.05, 0) is 0 Å². The standard InChI is InChI=1S/C11H25N4.C6H18NSi2.Ca/c1-13-6-4-12-5-7-14(2)9-11-15(3)10-8-13;1-8(2,3)7-9(4,5)6;/h4-11H2,1-3H3;1-6H3;/q2*-1;+2/p+3. The Balaban J connectivity index is 0. The van der Waals surface area contributed by atoms with Crippen molar-refractivity contribution < 1.29 is 14.7 Å². The summed E-state index contributed by atoms with van der Waals surface area (Å²) in [4.78, 5) is 4.92. The molecule has 2 unspecified atom stereocenters. The molecule has 146 valence electrons. The fourth-order valence-corrected chi connectivity index (χ4v) is 10.9. The van der Waals surface area contributed by atoms with Gasteiger partial charge in [0.15, 0.2) is 0 Å². The van der Waals surface area contributed by atoms with Gasteiger partial charge in [0.05, 0.1) is 34.2 Å². The Bertz CT molecular complexity index is 293. The van der Waals surface area contributed by atoms with Crippen molar-refractivity contribution in [1.29, 1.82) is 0 Å². The number of hydrogen-bond donors (Lipinski definition) is 3. The Hall–Kier alpha value is 1.49. The molecular formula is C17H46CaN5Si2+3. The number of nitrogens with zero attached hydrogens (tertiary/aromatic N) is 2. The molecule has 5 nitrogen and oxygen atoms in total. The molecule has 1 heterocycles. The summed E-state index contributed by atoms with van der Waals surface area (Å²) in [5.74, 6) is 0. The Morgan fingerprint density at radius 1 is 0.600 bits per heavy atom. The molecule has 0 aromatic carbocycles. The Kier molecular flexibility index (Phi) is 16.6. The zero-order chi connectivity index (χ0) is 18.8. The fourth-order valence-electron chi connectivity index (χ4n) is 2.89. The van der Waals surface area contributed by atoms with E-state index in [1.807, 2.05) is 0 Å². The van der Waals surface area contributed by atoms with E-state index in [-0.39, 0.29) is 37.7 Å². The molecule has 25 heavy (non-hydrogen) atoms. The zero-order valence-corrected chi connectivity index (χ0v) is 23.0. The second-order valence-corrected chi connectivity index (χ2v) is 19.1. The molecule has 1 rings (SSSR count). The van der Waals surface area contributed by atoms with Crippen LogP contribution in [0.15, 0.2) is 0 Å². The molecular weight excluding hydrogens is 370 g/mol. The van der Waals surface area contributed by atoms with Crippen molar-refractivity contribution in [1.82, 2.24) is 0 Å². The summed E-state index contributed by atoms with van der Waals surface area (Å²) in [5.41, 5.74) is 0. The number of nitrogens with one attached hydrogen (secondary N) is 3.